The first-order valence-corrected chi connectivity index (χ1v) is 8.23. The number of nitrogens with zero attached hydrogens (tertiary/aromatic N) is 3. The van der Waals surface area contributed by atoms with E-state index in [1.807, 2.05) is 0 Å². The number of piperidine rings is 1. The number of piperazine rings is 1. The largest absolute Gasteiger partial charge is 0.329 e. The van der Waals surface area contributed by atoms with Gasteiger partial charge in [0.15, 0.2) is 0 Å². The Morgan fingerprint density at radius 3 is 2.84 bits per heavy atom. The molecular formula is C15H28N4. The van der Waals surface area contributed by atoms with Crippen LogP contribution in [0.5, 0.6) is 0 Å². The molecule has 4 heteroatoms. The maximum atomic E-state index is 6.32. The topological polar surface area (TPSA) is 35.7 Å². The molecule has 4 heterocycles. The first kappa shape index (κ1) is 12.6. The summed E-state index contributed by atoms with van der Waals surface area (Å²) in [5, 5.41) is 0. The van der Waals surface area contributed by atoms with Gasteiger partial charge in [0.25, 0.3) is 0 Å². The van der Waals surface area contributed by atoms with E-state index in [2.05, 4.69) is 14.7 Å². The second-order valence-electron chi connectivity index (χ2n) is 7.12. The third kappa shape index (κ3) is 1.88. The molecule has 19 heavy (non-hydrogen) atoms. The minimum absolute atomic E-state index is 0.335. The van der Waals surface area contributed by atoms with Gasteiger partial charge in [-0.25, -0.2) is 0 Å². The average Bonchev–Trinajstić information content (AvgIpc) is 3.07. The lowest BCUT2D eigenvalue weighted by Crippen LogP contribution is -2.67. The molecular weight excluding hydrogens is 236 g/mol. The van der Waals surface area contributed by atoms with Gasteiger partial charge in [-0.1, -0.05) is 0 Å². The molecule has 4 nitrogen and oxygen atoms in total. The van der Waals surface area contributed by atoms with E-state index in [0.717, 1.165) is 18.5 Å². The van der Waals surface area contributed by atoms with Crippen LogP contribution in [0.4, 0.5) is 0 Å². The number of hydrogen-bond acceptors (Lipinski definition) is 4. The summed E-state index contributed by atoms with van der Waals surface area (Å²) >= 11 is 0. The fourth-order valence-electron chi connectivity index (χ4n) is 5.24. The van der Waals surface area contributed by atoms with Gasteiger partial charge < -0.3 is 10.6 Å². The van der Waals surface area contributed by atoms with Crippen LogP contribution in [-0.2, 0) is 0 Å². The molecule has 0 amide bonds. The Balaban J connectivity index is 1.55. The van der Waals surface area contributed by atoms with Gasteiger partial charge in [-0.15, -0.1) is 0 Å². The average molecular weight is 264 g/mol. The molecule has 0 aliphatic carbocycles. The molecule has 4 aliphatic heterocycles. The van der Waals surface area contributed by atoms with E-state index < -0.39 is 0 Å². The van der Waals surface area contributed by atoms with Gasteiger partial charge in [0.2, 0.25) is 0 Å². The van der Waals surface area contributed by atoms with Crippen LogP contribution in [0.2, 0.25) is 0 Å². The molecule has 4 saturated heterocycles. The molecule has 108 valence electrons. The lowest BCUT2D eigenvalue weighted by atomic mass is 9.76. The van der Waals surface area contributed by atoms with Crippen molar-refractivity contribution in [1.29, 1.82) is 0 Å². The molecule has 0 radical (unpaired) electrons. The zero-order valence-corrected chi connectivity index (χ0v) is 12.1. The monoisotopic (exact) mass is 264 g/mol. The van der Waals surface area contributed by atoms with Crippen LogP contribution in [0.3, 0.4) is 0 Å². The van der Waals surface area contributed by atoms with Gasteiger partial charge in [0.1, 0.15) is 0 Å². The maximum absolute atomic E-state index is 6.32. The van der Waals surface area contributed by atoms with Crippen molar-refractivity contribution in [1.82, 2.24) is 14.7 Å². The van der Waals surface area contributed by atoms with Crippen molar-refractivity contribution < 1.29 is 0 Å². The first-order valence-electron chi connectivity index (χ1n) is 8.23. The van der Waals surface area contributed by atoms with Crippen molar-refractivity contribution in [2.24, 2.45) is 11.7 Å². The highest BCUT2D eigenvalue weighted by Crippen LogP contribution is 2.40. The molecule has 2 N–H and O–H groups in total. The molecule has 4 fully saturated rings. The second kappa shape index (κ2) is 4.69. The summed E-state index contributed by atoms with van der Waals surface area (Å²) < 4.78 is 0. The smallest absolute Gasteiger partial charge is 0.0385 e. The van der Waals surface area contributed by atoms with E-state index in [4.69, 9.17) is 5.73 Å². The Hall–Kier alpha value is -0.160. The van der Waals surface area contributed by atoms with Gasteiger partial charge in [-0.05, 0) is 51.2 Å². The van der Waals surface area contributed by atoms with E-state index in [9.17, 15) is 0 Å². The molecule has 4 rings (SSSR count). The van der Waals surface area contributed by atoms with E-state index in [1.165, 1.54) is 71.5 Å². The quantitative estimate of drug-likeness (QED) is 0.772. The van der Waals surface area contributed by atoms with Crippen LogP contribution in [0.1, 0.15) is 25.7 Å². The van der Waals surface area contributed by atoms with Crippen molar-refractivity contribution in [3.63, 3.8) is 0 Å². The third-order valence-corrected chi connectivity index (χ3v) is 6.46. The van der Waals surface area contributed by atoms with E-state index in [-0.39, 0.29) is 0 Å². The summed E-state index contributed by atoms with van der Waals surface area (Å²) in [4.78, 5) is 8.17. The normalized spacial score (nSPS) is 47.5. The molecule has 0 aromatic carbocycles. The number of rotatable bonds is 2. The Kier molecular flexibility index (Phi) is 3.10. The van der Waals surface area contributed by atoms with Crippen LogP contribution in [0, 0.1) is 5.92 Å². The molecule has 0 aromatic heterocycles. The highest BCUT2D eigenvalue weighted by molar-refractivity contribution is 5.07. The van der Waals surface area contributed by atoms with E-state index in [0.29, 0.717) is 5.54 Å². The van der Waals surface area contributed by atoms with Gasteiger partial charge in [-0.2, -0.15) is 0 Å². The first-order chi connectivity index (χ1) is 9.32. The van der Waals surface area contributed by atoms with E-state index in [1.54, 1.807) is 0 Å². The minimum atomic E-state index is 0.335. The summed E-state index contributed by atoms with van der Waals surface area (Å²) in [6, 6.07) is 0.830. The number of fused-ring (bicyclic) bond motifs is 3. The Labute approximate surface area is 116 Å². The van der Waals surface area contributed by atoms with Crippen molar-refractivity contribution in [3.8, 4) is 0 Å². The predicted molar refractivity (Wildman–Crippen MR) is 77.1 cm³/mol. The zero-order chi connectivity index (χ0) is 12.9. The van der Waals surface area contributed by atoms with Gasteiger partial charge in [-0.3, -0.25) is 9.80 Å². The van der Waals surface area contributed by atoms with Crippen molar-refractivity contribution in [2.45, 2.75) is 37.3 Å². The minimum Gasteiger partial charge on any atom is -0.329 e. The highest BCUT2D eigenvalue weighted by atomic mass is 15.3. The zero-order valence-electron chi connectivity index (χ0n) is 12.1. The van der Waals surface area contributed by atoms with Gasteiger partial charge >= 0.3 is 0 Å². The fraction of sp³-hybridized carbons (Fsp3) is 1.00. The maximum Gasteiger partial charge on any atom is 0.0385 e. The summed E-state index contributed by atoms with van der Waals surface area (Å²) in [6.07, 6.45) is 5.50. The lowest BCUT2D eigenvalue weighted by Gasteiger charge is -2.53. The van der Waals surface area contributed by atoms with Crippen molar-refractivity contribution in [2.75, 3.05) is 52.4 Å². The third-order valence-electron chi connectivity index (χ3n) is 6.46. The summed E-state index contributed by atoms with van der Waals surface area (Å²) in [5.74, 6) is 0.833. The summed E-state index contributed by atoms with van der Waals surface area (Å²) in [7, 11) is 0. The number of nitrogens with two attached hydrogens (primary N) is 1. The van der Waals surface area contributed by atoms with Crippen molar-refractivity contribution >= 4 is 0 Å². The van der Waals surface area contributed by atoms with Gasteiger partial charge in [0, 0.05) is 44.3 Å². The number of hydrogen-bond donors (Lipinski definition) is 1. The summed E-state index contributed by atoms with van der Waals surface area (Å²) in [6.45, 7) is 9.93. The molecule has 4 unspecified atom stereocenters. The van der Waals surface area contributed by atoms with Crippen LogP contribution in [-0.4, -0.2) is 78.6 Å². The molecule has 0 aromatic rings. The van der Waals surface area contributed by atoms with Crippen LogP contribution in [0.15, 0.2) is 0 Å². The summed E-state index contributed by atoms with van der Waals surface area (Å²) in [5.41, 5.74) is 6.65. The molecule has 2 bridgehead atoms. The molecule has 4 aliphatic rings. The van der Waals surface area contributed by atoms with Crippen molar-refractivity contribution in [3.05, 3.63) is 0 Å². The van der Waals surface area contributed by atoms with E-state index >= 15 is 0 Å². The standard InChI is InChI=1S/C15H28N4/c16-12-15(4-7-17-6-3-13(15)10-17)19-9-8-18-5-1-2-14(18)11-19/h13-14H,1-12,16H2. The van der Waals surface area contributed by atoms with Crippen LogP contribution < -0.4 is 5.73 Å². The predicted octanol–water partition coefficient (Wildman–Crippen LogP) is 0.190. The Bertz CT molecular complexity index is 347. The second-order valence-corrected chi connectivity index (χ2v) is 7.12. The molecule has 4 atom stereocenters. The SMILES string of the molecule is NCC1(N2CCN3CCCC3C2)CCN2CCC1C2. The lowest BCUT2D eigenvalue weighted by molar-refractivity contribution is -0.0338. The Morgan fingerprint density at radius 1 is 1.00 bits per heavy atom. The van der Waals surface area contributed by atoms with Gasteiger partial charge in [0.05, 0.1) is 0 Å². The van der Waals surface area contributed by atoms with Crippen LogP contribution >= 0.6 is 0 Å². The molecule has 0 saturated carbocycles. The Morgan fingerprint density at radius 2 is 1.95 bits per heavy atom. The fourth-order valence-corrected chi connectivity index (χ4v) is 5.24. The highest BCUT2D eigenvalue weighted by Gasteiger charge is 2.50. The van der Waals surface area contributed by atoms with Crippen LogP contribution in [0.25, 0.3) is 0 Å². The molecule has 0 spiro atoms.